The lowest BCUT2D eigenvalue weighted by Crippen LogP contribution is -2.50. The molecule has 48 heavy (non-hydrogen) atoms. The van der Waals surface area contributed by atoms with Gasteiger partial charge in [0, 0.05) is 32.4 Å². The number of sulfonamides is 1. The van der Waals surface area contributed by atoms with Crippen LogP contribution < -0.4 is 21.1 Å². The Bertz CT molecular complexity index is 1690. The molecule has 12 nitrogen and oxygen atoms in total. The molecule has 1 aliphatic heterocycles. The lowest BCUT2D eigenvalue weighted by molar-refractivity contribution is -0.116. The number of nitrogens with one attached hydrogen (secondary N) is 2. The Balaban J connectivity index is 1.46. The third kappa shape index (κ3) is 9.12. The molecule has 4 rings (SSSR count). The van der Waals surface area contributed by atoms with Crippen molar-refractivity contribution < 1.29 is 32.6 Å². The molecule has 13 heteroatoms. The van der Waals surface area contributed by atoms with Gasteiger partial charge in [0.25, 0.3) is 5.91 Å². The molecule has 0 saturated carbocycles. The van der Waals surface area contributed by atoms with Gasteiger partial charge in [0.2, 0.25) is 21.8 Å². The number of unbranched alkanes of at least 4 members (excludes halogenated alkanes) is 2. The van der Waals surface area contributed by atoms with Crippen LogP contribution in [0.1, 0.15) is 56.3 Å². The summed E-state index contributed by atoms with van der Waals surface area (Å²) < 4.78 is 34.4. The second-order valence-electron chi connectivity index (χ2n) is 12.1. The number of anilines is 3. The van der Waals surface area contributed by atoms with E-state index in [4.69, 9.17) is 10.5 Å². The van der Waals surface area contributed by atoms with Crippen LogP contribution in [0.15, 0.2) is 77.7 Å². The molecule has 0 fully saturated rings. The summed E-state index contributed by atoms with van der Waals surface area (Å²) in [4.78, 5) is 40.8. The molecule has 0 aliphatic carbocycles. The molecule has 258 valence electrons. The molecule has 5 N–H and O–H groups in total. The molecule has 0 saturated heterocycles. The highest BCUT2D eigenvalue weighted by molar-refractivity contribution is 7.89. The van der Waals surface area contributed by atoms with Crippen molar-refractivity contribution >= 4 is 44.8 Å². The molecule has 1 heterocycles. The first-order valence-electron chi connectivity index (χ1n) is 16.1. The van der Waals surface area contributed by atoms with Crippen LogP contribution in [0, 0.1) is 5.92 Å². The van der Waals surface area contributed by atoms with Crippen molar-refractivity contribution in [1.82, 2.24) is 9.21 Å². The third-order valence-electron chi connectivity index (χ3n) is 8.40. The maximum atomic E-state index is 13.8. The van der Waals surface area contributed by atoms with E-state index in [1.54, 1.807) is 72.5 Å². The number of likely N-dealkylation sites (N-methyl/N-ethyl adjacent to an activating group) is 1. The van der Waals surface area contributed by atoms with E-state index in [0.29, 0.717) is 30.6 Å². The average Bonchev–Trinajstić information content (AvgIpc) is 3.07. The maximum absolute atomic E-state index is 13.8. The lowest BCUT2D eigenvalue weighted by atomic mass is 9.99. The zero-order valence-electron chi connectivity index (χ0n) is 27.6. The van der Waals surface area contributed by atoms with Gasteiger partial charge in [0.15, 0.2) is 5.75 Å². The SMILES string of the molecule is C[C@@H]1CN([C@H](C)CO)C(=O)c2cccc(NC(=O)CCCCCC(=O)Nc3ccccc3N)c2O[C@@H]1CN(C)S(=O)(=O)c1ccccc1. The van der Waals surface area contributed by atoms with Crippen LogP contribution in [0.3, 0.4) is 0 Å². The number of rotatable bonds is 14. The normalized spacial score (nSPS) is 17.1. The molecule has 3 aromatic rings. The number of para-hydroxylation sites is 3. The van der Waals surface area contributed by atoms with Crippen LogP contribution in [0.5, 0.6) is 5.75 Å². The standard InChI is InChI=1S/C35H45N5O7S/c1-24-21-40(25(2)23-41)35(44)27-15-12-18-30(34(27)47-31(24)22-39(3)48(45,46)26-13-6-4-7-14-26)38-33(43)20-9-5-8-19-32(42)37-29-17-11-10-16-28(29)36/h4,6-7,10-18,24-25,31,41H,5,8-9,19-23,36H2,1-3H3,(H,37,42)(H,38,43)/t24-,25-,31-/m1/s1. The van der Waals surface area contributed by atoms with Crippen molar-refractivity contribution in [3.63, 3.8) is 0 Å². The number of hydrogen-bond donors (Lipinski definition) is 4. The fraction of sp³-hybridized carbons (Fsp3) is 0.400. The van der Waals surface area contributed by atoms with Crippen molar-refractivity contribution in [1.29, 1.82) is 0 Å². The largest absolute Gasteiger partial charge is 0.486 e. The molecule has 3 amide bonds. The highest BCUT2D eigenvalue weighted by Gasteiger charge is 2.36. The molecule has 0 aromatic heterocycles. The number of amides is 3. The van der Waals surface area contributed by atoms with Crippen molar-refractivity contribution in [2.75, 3.05) is 43.1 Å². The molecule has 3 aromatic carbocycles. The number of ether oxygens (including phenoxy) is 1. The Kier molecular flexibility index (Phi) is 12.6. The van der Waals surface area contributed by atoms with Gasteiger partial charge in [-0.15, -0.1) is 0 Å². The first-order chi connectivity index (χ1) is 22.9. The van der Waals surface area contributed by atoms with Gasteiger partial charge < -0.3 is 31.1 Å². The summed E-state index contributed by atoms with van der Waals surface area (Å²) >= 11 is 0. The Morgan fingerprint density at radius 1 is 0.958 bits per heavy atom. The average molecular weight is 680 g/mol. The van der Waals surface area contributed by atoms with E-state index < -0.39 is 22.2 Å². The molecule has 3 atom stereocenters. The Morgan fingerprint density at radius 2 is 1.56 bits per heavy atom. The van der Waals surface area contributed by atoms with Crippen molar-refractivity contribution in [3.8, 4) is 5.75 Å². The second-order valence-corrected chi connectivity index (χ2v) is 14.2. The molecule has 1 aliphatic rings. The highest BCUT2D eigenvalue weighted by Crippen LogP contribution is 2.35. The Labute approximate surface area is 282 Å². The van der Waals surface area contributed by atoms with E-state index in [-0.39, 0.29) is 78.1 Å². The van der Waals surface area contributed by atoms with Crippen LogP contribution in [-0.4, -0.2) is 79.3 Å². The molecule has 0 unspecified atom stereocenters. The van der Waals surface area contributed by atoms with E-state index in [2.05, 4.69) is 10.6 Å². The Morgan fingerprint density at radius 3 is 2.21 bits per heavy atom. The smallest absolute Gasteiger partial charge is 0.258 e. The summed E-state index contributed by atoms with van der Waals surface area (Å²) in [5, 5.41) is 15.6. The summed E-state index contributed by atoms with van der Waals surface area (Å²) in [5.41, 5.74) is 7.42. The summed E-state index contributed by atoms with van der Waals surface area (Å²) in [5.74, 6) is -1.02. The van der Waals surface area contributed by atoms with Crippen molar-refractivity contribution in [2.45, 2.75) is 63.0 Å². The molecular formula is C35H45N5O7S. The quantitative estimate of drug-likeness (QED) is 0.144. The minimum Gasteiger partial charge on any atom is -0.486 e. The number of carbonyl (C=O) groups is 3. The predicted molar refractivity (Wildman–Crippen MR) is 185 cm³/mol. The van der Waals surface area contributed by atoms with Crippen LogP contribution in [0.2, 0.25) is 0 Å². The van der Waals surface area contributed by atoms with Gasteiger partial charge in [-0.1, -0.05) is 49.7 Å². The fourth-order valence-corrected chi connectivity index (χ4v) is 6.67. The molecule has 0 spiro atoms. The number of nitrogen functional groups attached to an aromatic ring is 1. The minimum absolute atomic E-state index is 0.0277. The van der Waals surface area contributed by atoms with Gasteiger partial charge in [-0.3, -0.25) is 14.4 Å². The topological polar surface area (TPSA) is 171 Å². The van der Waals surface area contributed by atoms with Gasteiger partial charge in [-0.25, -0.2) is 8.42 Å². The van der Waals surface area contributed by atoms with Crippen LogP contribution in [0.4, 0.5) is 17.1 Å². The van der Waals surface area contributed by atoms with Gasteiger partial charge >= 0.3 is 0 Å². The third-order valence-corrected chi connectivity index (χ3v) is 10.2. The van der Waals surface area contributed by atoms with E-state index >= 15 is 0 Å². The van der Waals surface area contributed by atoms with Gasteiger partial charge in [0.05, 0.1) is 46.7 Å². The molecular weight excluding hydrogens is 634 g/mol. The summed E-state index contributed by atoms with van der Waals surface area (Å²) in [6, 6.07) is 19.5. The number of aliphatic hydroxyl groups excluding tert-OH is 1. The van der Waals surface area contributed by atoms with Gasteiger partial charge in [0.1, 0.15) is 6.10 Å². The number of nitrogens with two attached hydrogens (primary N) is 1. The van der Waals surface area contributed by atoms with E-state index in [1.165, 1.54) is 23.5 Å². The fourth-order valence-electron chi connectivity index (χ4n) is 5.47. The van der Waals surface area contributed by atoms with Crippen molar-refractivity contribution in [2.24, 2.45) is 5.92 Å². The van der Waals surface area contributed by atoms with Crippen molar-refractivity contribution in [3.05, 3.63) is 78.4 Å². The number of nitrogens with zero attached hydrogens (tertiary/aromatic N) is 2. The zero-order valence-corrected chi connectivity index (χ0v) is 28.4. The van der Waals surface area contributed by atoms with Crippen LogP contribution >= 0.6 is 0 Å². The summed E-state index contributed by atoms with van der Waals surface area (Å²) in [7, 11) is -2.36. The monoisotopic (exact) mass is 679 g/mol. The number of benzene rings is 3. The summed E-state index contributed by atoms with van der Waals surface area (Å²) in [6.07, 6.45) is 1.52. The van der Waals surface area contributed by atoms with Crippen LogP contribution in [0.25, 0.3) is 0 Å². The van der Waals surface area contributed by atoms with E-state index in [0.717, 1.165) is 0 Å². The molecule has 0 radical (unpaired) electrons. The van der Waals surface area contributed by atoms with Gasteiger partial charge in [-0.2, -0.15) is 4.31 Å². The molecule has 0 bridgehead atoms. The minimum atomic E-state index is -3.84. The Hall–Kier alpha value is -4.46. The second kappa shape index (κ2) is 16.6. The predicted octanol–water partition coefficient (Wildman–Crippen LogP) is 4.34. The zero-order chi connectivity index (χ0) is 34.8. The first-order valence-corrected chi connectivity index (χ1v) is 17.5. The number of fused-ring (bicyclic) bond motifs is 1. The number of hydrogen-bond acceptors (Lipinski definition) is 8. The first kappa shape index (κ1) is 36.4. The van der Waals surface area contributed by atoms with E-state index in [1.807, 2.05) is 6.92 Å². The number of carbonyl (C=O) groups excluding carboxylic acids is 3. The number of aliphatic hydroxyl groups is 1. The summed E-state index contributed by atoms with van der Waals surface area (Å²) in [6.45, 7) is 3.52. The van der Waals surface area contributed by atoms with Crippen LogP contribution in [-0.2, 0) is 19.6 Å². The van der Waals surface area contributed by atoms with E-state index in [9.17, 15) is 27.9 Å². The lowest BCUT2D eigenvalue weighted by Gasteiger charge is -2.38. The highest BCUT2D eigenvalue weighted by atomic mass is 32.2. The van der Waals surface area contributed by atoms with Gasteiger partial charge in [-0.05, 0) is 56.2 Å². The maximum Gasteiger partial charge on any atom is 0.258 e.